The van der Waals surface area contributed by atoms with Gasteiger partial charge in [-0.15, -0.1) is 0 Å². The number of carboxylic acid groups (broad SMARTS) is 1. The quantitative estimate of drug-likeness (QED) is 0.0520. The van der Waals surface area contributed by atoms with Crippen molar-refractivity contribution in [3.8, 4) is 0 Å². The van der Waals surface area contributed by atoms with Crippen LogP contribution < -0.4 is 63.8 Å². The number of carboxylic acids is 1. The normalized spacial score (nSPS) is 13.4. The topological polar surface area (TPSA) is 423 Å². The van der Waals surface area contributed by atoms with Crippen LogP contribution in [0.15, 0.2) is 54.6 Å². The lowest BCUT2D eigenvalue weighted by Gasteiger charge is -2.22. The number of hydrogen-bond donors (Lipinski definition) is 13. The van der Waals surface area contributed by atoms with Crippen LogP contribution in [0.3, 0.4) is 0 Å². The summed E-state index contributed by atoms with van der Waals surface area (Å²) < 4.78 is 20.9. The maximum Gasteiger partial charge on any atom is 0.408 e. The Morgan fingerprint density at radius 2 is 0.461 bits per heavy atom. The molecule has 30 nitrogen and oxygen atoms in total. The molecule has 0 radical (unpaired) electrons. The highest BCUT2D eigenvalue weighted by atomic mass is 16.6. The van der Waals surface area contributed by atoms with E-state index < -0.39 is 142 Å². The SMILES string of the molecule is C[C@H](NC(=O)OC(C)(C)C)C(=O)Nc1cc(NC(=O)[C@H](C)NC(=O)OC(C)(C)C)cc(C(=O)N[C@@H](C)C(=O)Nc2cc(NC(=O)[C@H](C)NC(=O)c3cc(NC(=O)[C@H](C)NC(=O)OC(C)(C)C)cc(NC(=O)[C@H](C)NC(=O)OC(C)(C)C)c3)cc(C(=O)O)c2)c1. The van der Waals surface area contributed by atoms with E-state index in [2.05, 4.69) is 63.8 Å². The highest BCUT2D eigenvalue weighted by Crippen LogP contribution is 2.24. The number of rotatable bonds is 21. The van der Waals surface area contributed by atoms with Crippen molar-refractivity contribution < 1.29 is 86.4 Å². The summed E-state index contributed by atoms with van der Waals surface area (Å²) in [5, 5.41) is 39.7. The molecule has 89 heavy (non-hydrogen) atoms. The zero-order chi connectivity index (χ0) is 67.8. The maximum absolute atomic E-state index is 13.9. The lowest BCUT2D eigenvalue weighted by molar-refractivity contribution is -0.118. The van der Waals surface area contributed by atoms with Crippen molar-refractivity contribution >= 4 is 112 Å². The second-order valence-corrected chi connectivity index (χ2v) is 24.5. The summed E-state index contributed by atoms with van der Waals surface area (Å²) in [7, 11) is 0. The Morgan fingerprint density at radius 1 is 0.292 bits per heavy atom. The molecule has 0 bridgehead atoms. The molecule has 0 aromatic heterocycles. The van der Waals surface area contributed by atoms with E-state index in [4.69, 9.17) is 18.9 Å². The largest absolute Gasteiger partial charge is 0.478 e. The Balaban J connectivity index is 1.88. The van der Waals surface area contributed by atoms with Crippen LogP contribution in [0, 0.1) is 0 Å². The predicted octanol–water partition coefficient (Wildman–Crippen LogP) is 6.31. The summed E-state index contributed by atoms with van der Waals surface area (Å²) in [6.07, 6.45) is -3.59. The van der Waals surface area contributed by atoms with Gasteiger partial charge in [0.15, 0.2) is 0 Å². The minimum Gasteiger partial charge on any atom is -0.478 e. The van der Waals surface area contributed by atoms with E-state index in [-0.39, 0.29) is 45.3 Å². The minimum atomic E-state index is -1.49. The van der Waals surface area contributed by atoms with Crippen molar-refractivity contribution in [2.24, 2.45) is 0 Å². The Hall–Kier alpha value is -10.0. The van der Waals surface area contributed by atoms with Crippen LogP contribution >= 0.6 is 0 Å². The molecule has 6 atom stereocenters. The number of alkyl carbamates (subject to hydrolysis) is 4. The molecule has 486 valence electrons. The number of carbonyl (C=O) groups is 13. The molecule has 12 amide bonds. The van der Waals surface area contributed by atoms with Crippen LogP contribution in [0.1, 0.15) is 156 Å². The van der Waals surface area contributed by atoms with Crippen LogP contribution in [0.25, 0.3) is 0 Å². The van der Waals surface area contributed by atoms with Crippen LogP contribution in [-0.2, 0) is 47.7 Å². The number of ether oxygens (including phenoxy) is 4. The molecule has 0 fully saturated rings. The van der Waals surface area contributed by atoms with Gasteiger partial charge >= 0.3 is 30.3 Å². The number of benzene rings is 3. The van der Waals surface area contributed by atoms with Crippen LogP contribution in [0.4, 0.5) is 53.3 Å². The Labute approximate surface area is 514 Å². The van der Waals surface area contributed by atoms with Gasteiger partial charge in [0.2, 0.25) is 35.4 Å². The van der Waals surface area contributed by atoms with Crippen molar-refractivity contribution in [1.82, 2.24) is 31.9 Å². The number of hydrogen-bond acceptors (Lipinski definition) is 17. The van der Waals surface area contributed by atoms with E-state index in [0.717, 1.165) is 12.1 Å². The van der Waals surface area contributed by atoms with Crippen molar-refractivity contribution in [2.45, 2.75) is 183 Å². The highest BCUT2D eigenvalue weighted by Gasteiger charge is 2.28. The van der Waals surface area contributed by atoms with Gasteiger partial charge in [-0.2, -0.15) is 0 Å². The third-order valence-corrected chi connectivity index (χ3v) is 11.2. The summed E-state index contributed by atoms with van der Waals surface area (Å²) in [5.41, 5.74) is -5.03. The van der Waals surface area contributed by atoms with Crippen LogP contribution in [0.2, 0.25) is 0 Å². The number of nitrogens with one attached hydrogen (secondary N) is 12. The van der Waals surface area contributed by atoms with E-state index in [9.17, 15) is 67.4 Å². The van der Waals surface area contributed by atoms with Crippen LogP contribution in [-0.4, -0.2) is 141 Å². The third-order valence-electron chi connectivity index (χ3n) is 11.2. The first kappa shape index (κ1) is 73.2. The fraction of sp³-hybridized carbons (Fsp3) is 0.475. The maximum atomic E-state index is 13.9. The molecule has 0 aliphatic rings. The molecule has 0 saturated heterocycles. The fourth-order valence-corrected chi connectivity index (χ4v) is 7.10. The molecule has 13 N–H and O–H groups in total. The van der Waals surface area contributed by atoms with Crippen molar-refractivity contribution in [3.63, 3.8) is 0 Å². The van der Waals surface area contributed by atoms with Crippen molar-refractivity contribution in [1.29, 1.82) is 0 Å². The van der Waals surface area contributed by atoms with Gasteiger partial charge in [0.25, 0.3) is 11.8 Å². The first-order valence-electron chi connectivity index (χ1n) is 27.9. The van der Waals surface area contributed by atoms with Crippen molar-refractivity contribution in [3.05, 3.63) is 71.3 Å². The summed E-state index contributed by atoms with van der Waals surface area (Å²) in [4.78, 5) is 170. The summed E-state index contributed by atoms with van der Waals surface area (Å²) in [6, 6.07) is 3.13. The first-order valence-corrected chi connectivity index (χ1v) is 27.9. The summed E-state index contributed by atoms with van der Waals surface area (Å²) in [6.45, 7) is 27.5. The van der Waals surface area contributed by atoms with Gasteiger partial charge in [-0.05, 0) is 179 Å². The van der Waals surface area contributed by atoms with Gasteiger partial charge in [0.05, 0.1) is 5.56 Å². The lowest BCUT2D eigenvalue weighted by atomic mass is 10.1. The minimum absolute atomic E-state index is 0.0660. The smallest absolute Gasteiger partial charge is 0.408 e. The fourth-order valence-electron chi connectivity index (χ4n) is 7.10. The van der Waals surface area contributed by atoms with E-state index in [1.54, 1.807) is 83.1 Å². The second kappa shape index (κ2) is 30.5. The van der Waals surface area contributed by atoms with E-state index in [1.807, 2.05) is 0 Å². The second-order valence-electron chi connectivity index (χ2n) is 24.5. The molecular formula is C59H82N12O18. The monoisotopic (exact) mass is 1250 g/mol. The zero-order valence-corrected chi connectivity index (χ0v) is 53.0. The van der Waals surface area contributed by atoms with Gasteiger partial charge < -0.3 is 87.9 Å². The number of anilines is 6. The number of amides is 12. The molecular weight excluding hydrogens is 1160 g/mol. The van der Waals surface area contributed by atoms with Crippen LogP contribution in [0.5, 0.6) is 0 Å². The van der Waals surface area contributed by atoms with E-state index >= 15 is 0 Å². The molecule has 0 aliphatic carbocycles. The van der Waals surface area contributed by atoms with Gasteiger partial charge in [-0.25, -0.2) is 24.0 Å². The number of aromatic carboxylic acids is 1. The summed E-state index contributed by atoms with van der Waals surface area (Å²) >= 11 is 0. The zero-order valence-electron chi connectivity index (χ0n) is 53.0. The standard InChI is InChI=1S/C59H82N12O18/c1-28(60-49(78)34-19-37(66-45(74)30(3)62-52(82)86-56(7,8)9)25-38(20-34)67-46(75)31(4)63-53(83)87-57(10,11)12)43(72)70-41-23-36(51(80)81)24-42(27-41)71-44(73)29(2)61-50(79)35-21-39(68-47(76)32(5)64-54(84)88-58(13,14)15)26-40(22-35)69-48(77)33(6)65-55(85)89-59(16,17)18/h19-33H,1-18H3,(H,60,78)(H,61,79)(H,62,82)(H,63,83)(H,64,84)(H,65,85)(H,66,74)(H,67,75)(H,68,76)(H,69,77)(H,70,72)(H,71,73)(H,80,81)/t28-,29-,30-,31-,32-,33-/m0/s1. The molecule has 0 unspecified atom stereocenters. The van der Waals surface area contributed by atoms with Gasteiger partial charge in [0, 0.05) is 45.3 Å². The Kier molecular flexibility index (Phi) is 25.1. The molecule has 30 heteroatoms. The average Bonchev–Trinajstić information content (AvgIpc) is 3.31. The van der Waals surface area contributed by atoms with Gasteiger partial charge in [-0.1, -0.05) is 0 Å². The third kappa shape index (κ3) is 26.6. The van der Waals surface area contributed by atoms with Gasteiger partial charge in [-0.3, -0.25) is 38.4 Å². The summed E-state index contributed by atoms with van der Waals surface area (Å²) in [5.74, 6) is -8.24. The highest BCUT2D eigenvalue weighted by molar-refractivity contribution is 6.08. The molecule has 0 spiro atoms. The Bertz CT molecular complexity index is 2880. The average molecular weight is 1250 g/mol. The molecule has 3 rings (SSSR count). The molecule has 3 aromatic rings. The lowest BCUT2D eigenvalue weighted by Crippen LogP contribution is -2.44. The molecule has 0 saturated carbocycles. The van der Waals surface area contributed by atoms with Gasteiger partial charge in [0.1, 0.15) is 58.7 Å². The number of carbonyl (C=O) groups excluding carboxylic acids is 12. The first-order chi connectivity index (χ1) is 40.7. The predicted molar refractivity (Wildman–Crippen MR) is 327 cm³/mol. The molecule has 3 aromatic carbocycles. The molecule has 0 heterocycles. The Morgan fingerprint density at radius 3 is 0.629 bits per heavy atom. The van der Waals surface area contributed by atoms with Crippen molar-refractivity contribution in [2.75, 3.05) is 31.9 Å². The van der Waals surface area contributed by atoms with E-state index in [1.165, 1.54) is 84.0 Å². The van der Waals surface area contributed by atoms with E-state index in [0.29, 0.717) is 0 Å². The molecule has 0 aliphatic heterocycles.